The Kier molecular flexibility index (Phi) is 4.74. The molecule has 2 aliphatic rings. The lowest BCUT2D eigenvalue weighted by Gasteiger charge is -2.30. The Balaban J connectivity index is 1.71. The molecule has 1 heterocycles. The Morgan fingerprint density at radius 1 is 0.950 bits per heavy atom. The van der Waals surface area contributed by atoms with E-state index in [0.29, 0.717) is 5.92 Å². The van der Waals surface area contributed by atoms with E-state index in [4.69, 9.17) is 5.73 Å². The molecular weight excluding hydrogens is 244 g/mol. The number of piperidine rings is 1. The number of nitrogens with two attached hydrogens (primary N) is 1. The second kappa shape index (κ2) is 6.73. The van der Waals surface area contributed by atoms with Crippen LogP contribution in [0.5, 0.6) is 0 Å². The number of benzene rings is 1. The zero-order valence-electron chi connectivity index (χ0n) is 12.6. The molecule has 3 rings (SSSR count). The first-order valence-corrected chi connectivity index (χ1v) is 8.41. The second-order valence-electron chi connectivity index (χ2n) is 6.53. The minimum atomic E-state index is 0.514. The van der Waals surface area contributed by atoms with Crippen molar-refractivity contribution in [1.82, 2.24) is 4.90 Å². The van der Waals surface area contributed by atoms with Crippen molar-refractivity contribution in [3.05, 3.63) is 34.9 Å². The summed E-state index contributed by atoms with van der Waals surface area (Å²) in [6.45, 7) is 4.45. The number of likely N-dealkylation sites (tertiary alicyclic amines) is 1. The SMILES string of the molecule is NCC(CN1CCCCC1)c1ccc2c(c1)CCCC2. The third-order valence-corrected chi connectivity index (χ3v) is 5.06. The summed E-state index contributed by atoms with van der Waals surface area (Å²) in [4.78, 5) is 2.61. The van der Waals surface area contributed by atoms with Crippen LogP contribution in [-0.2, 0) is 12.8 Å². The molecule has 1 aliphatic heterocycles. The molecule has 1 aromatic rings. The summed E-state index contributed by atoms with van der Waals surface area (Å²) in [5, 5.41) is 0. The first-order valence-electron chi connectivity index (χ1n) is 8.41. The Morgan fingerprint density at radius 3 is 2.45 bits per heavy atom. The third kappa shape index (κ3) is 3.24. The molecule has 1 saturated heterocycles. The number of rotatable bonds is 4. The second-order valence-corrected chi connectivity index (χ2v) is 6.53. The molecule has 1 unspecified atom stereocenters. The molecule has 110 valence electrons. The van der Waals surface area contributed by atoms with E-state index in [1.54, 1.807) is 11.1 Å². The number of hydrogen-bond acceptors (Lipinski definition) is 2. The smallest absolute Gasteiger partial charge is 0.00889 e. The third-order valence-electron chi connectivity index (χ3n) is 5.06. The topological polar surface area (TPSA) is 29.3 Å². The average molecular weight is 272 g/mol. The fourth-order valence-corrected chi connectivity index (χ4v) is 3.78. The monoisotopic (exact) mass is 272 g/mol. The van der Waals surface area contributed by atoms with Crippen LogP contribution in [0.1, 0.15) is 54.7 Å². The number of aryl methyl sites for hydroxylation is 2. The highest BCUT2D eigenvalue weighted by Gasteiger charge is 2.18. The predicted octanol–water partition coefficient (Wildman–Crippen LogP) is 3.09. The Labute approximate surface area is 123 Å². The average Bonchev–Trinajstić information content (AvgIpc) is 2.53. The summed E-state index contributed by atoms with van der Waals surface area (Å²) in [5.41, 5.74) is 10.7. The molecule has 0 saturated carbocycles. The molecule has 0 amide bonds. The number of hydrogen-bond donors (Lipinski definition) is 1. The largest absolute Gasteiger partial charge is 0.330 e. The molecule has 2 N–H and O–H groups in total. The number of fused-ring (bicyclic) bond motifs is 1. The van der Waals surface area contributed by atoms with Crippen molar-refractivity contribution in [3.63, 3.8) is 0 Å². The van der Waals surface area contributed by atoms with E-state index >= 15 is 0 Å². The van der Waals surface area contributed by atoms with Crippen molar-refractivity contribution in [2.75, 3.05) is 26.2 Å². The quantitative estimate of drug-likeness (QED) is 0.912. The minimum absolute atomic E-state index is 0.514. The van der Waals surface area contributed by atoms with Gasteiger partial charge in [0, 0.05) is 19.0 Å². The molecule has 0 bridgehead atoms. The van der Waals surface area contributed by atoms with Gasteiger partial charge in [0.25, 0.3) is 0 Å². The van der Waals surface area contributed by atoms with Crippen molar-refractivity contribution in [1.29, 1.82) is 0 Å². The normalized spacial score (nSPS) is 21.4. The molecule has 2 nitrogen and oxygen atoms in total. The number of nitrogens with zero attached hydrogens (tertiary/aromatic N) is 1. The lowest BCUT2D eigenvalue weighted by atomic mass is 9.87. The highest BCUT2D eigenvalue weighted by molar-refractivity contribution is 5.35. The van der Waals surface area contributed by atoms with E-state index < -0.39 is 0 Å². The fourth-order valence-electron chi connectivity index (χ4n) is 3.78. The van der Waals surface area contributed by atoms with Crippen LogP contribution in [0.2, 0.25) is 0 Å². The van der Waals surface area contributed by atoms with Crippen molar-refractivity contribution < 1.29 is 0 Å². The van der Waals surface area contributed by atoms with Gasteiger partial charge in [-0.3, -0.25) is 0 Å². The maximum Gasteiger partial charge on any atom is 0.00889 e. The molecule has 20 heavy (non-hydrogen) atoms. The molecule has 1 aliphatic carbocycles. The summed E-state index contributed by atoms with van der Waals surface area (Å²) in [5.74, 6) is 0.514. The highest BCUT2D eigenvalue weighted by atomic mass is 15.1. The summed E-state index contributed by atoms with van der Waals surface area (Å²) >= 11 is 0. The van der Waals surface area contributed by atoms with Gasteiger partial charge in [-0.15, -0.1) is 0 Å². The molecule has 0 radical (unpaired) electrons. The lowest BCUT2D eigenvalue weighted by molar-refractivity contribution is 0.216. The lowest BCUT2D eigenvalue weighted by Crippen LogP contribution is -2.35. The zero-order valence-corrected chi connectivity index (χ0v) is 12.6. The fraction of sp³-hybridized carbons (Fsp3) is 0.667. The van der Waals surface area contributed by atoms with Gasteiger partial charge in [0.05, 0.1) is 0 Å². The summed E-state index contributed by atoms with van der Waals surface area (Å²) < 4.78 is 0. The molecular formula is C18H28N2. The highest BCUT2D eigenvalue weighted by Crippen LogP contribution is 2.26. The van der Waals surface area contributed by atoms with Crippen LogP contribution < -0.4 is 5.73 Å². The van der Waals surface area contributed by atoms with Crippen LogP contribution in [-0.4, -0.2) is 31.1 Å². The van der Waals surface area contributed by atoms with Gasteiger partial charge in [0.2, 0.25) is 0 Å². The Hall–Kier alpha value is -0.860. The maximum absolute atomic E-state index is 6.07. The molecule has 2 heteroatoms. The van der Waals surface area contributed by atoms with E-state index in [1.165, 1.54) is 63.6 Å². The summed E-state index contributed by atoms with van der Waals surface area (Å²) in [6, 6.07) is 7.16. The first kappa shape index (κ1) is 14.1. The first-order chi connectivity index (χ1) is 9.86. The minimum Gasteiger partial charge on any atom is -0.330 e. The predicted molar refractivity (Wildman–Crippen MR) is 85.2 cm³/mol. The van der Waals surface area contributed by atoms with Crippen LogP contribution in [0.4, 0.5) is 0 Å². The molecule has 0 spiro atoms. The van der Waals surface area contributed by atoms with Crippen LogP contribution in [0.15, 0.2) is 18.2 Å². The van der Waals surface area contributed by atoms with Gasteiger partial charge in [-0.05, 0) is 68.3 Å². The van der Waals surface area contributed by atoms with Crippen molar-refractivity contribution in [3.8, 4) is 0 Å². The van der Waals surface area contributed by atoms with Gasteiger partial charge >= 0.3 is 0 Å². The van der Waals surface area contributed by atoms with Crippen molar-refractivity contribution in [2.24, 2.45) is 5.73 Å². The molecule has 0 aromatic heterocycles. The van der Waals surface area contributed by atoms with Crippen molar-refractivity contribution >= 4 is 0 Å². The van der Waals surface area contributed by atoms with Crippen molar-refractivity contribution in [2.45, 2.75) is 50.9 Å². The van der Waals surface area contributed by atoms with Gasteiger partial charge in [0.1, 0.15) is 0 Å². The molecule has 1 atom stereocenters. The van der Waals surface area contributed by atoms with Crippen LogP contribution in [0, 0.1) is 0 Å². The summed E-state index contributed by atoms with van der Waals surface area (Å²) in [7, 11) is 0. The van der Waals surface area contributed by atoms with Gasteiger partial charge in [-0.1, -0.05) is 24.6 Å². The molecule has 1 aromatic carbocycles. The Morgan fingerprint density at radius 2 is 1.70 bits per heavy atom. The van der Waals surface area contributed by atoms with E-state index in [0.717, 1.165) is 13.1 Å². The van der Waals surface area contributed by atoms with Gasteiger partial charge in [0.15, 0.2) is 0 Å². The van der Waals surface area contributed by atoms with E-state index in [-0.39, 0.29) is 0 Å². The van der Waals surface area contributed by atoms with Crippen LogP contribution in [0.25, 0.3) is 0 Å². The van der Waals surface area contributed by atoms with E-state index in [1.807, 2.05) is 0 Å². The summed E-state index contributed by atoms with van der Waals surface area (Å²) in [6.07, 6.45) is 9.39. The zero-order chi connectivity index (χ0) is 13.8. The Bertz CT molecular complexity index is 435. The van der Waals surface area contributed by atoms with Gasteiger partial charge in [-0.25, -0.2) is 0 Å². The standard InChI is InChI=1S/C18H28N2/c19-13-18(14-20-10-4-1-5-11-20)17-9-8-15-6-2-3-7-16(15)12-17/h8-9,12,18H,1-7,10-11,13-14,19H2. The van der Waals surface area contributed by atoms with E-state index in [2.05, 4.69) is 23.1 Å². The molecule has 1 fully saturated rings. The van der Waals surface area contributed by atoms with Crippen LogP contribution in [0.3, 0.4) is 0 Å². The maximum atomic E-state index is 6.07. The van der Waals surface area contributed by atoms with Crippen LogP contribution >= 0.6 is 0 Å². The van der Waals surface area contributed by atoms with E-state index in [9.17, 15) is 0 Å². The van der Waals surface area contributed by atoms with Gasteiger partial charge < -0.3 is 10.6 Å². The van der Waals surface area contributed by atoms with Gasteiger partial charge in [-0.2, -0.15) is 0 Å².